The maximum absolute atomic E-state index is 12.8. The maximum Gasteiger partial charge on any atom is 0.251 e. The number of nitrogens with one attached hydrogen (secondary N) is 2. The van der Waals surface area contributed by atoms with Crippen molar-refractivity contribution in [3.63, 3.8) is 0 Å². The van der Waals surface area contributed by atoms with Crippen LogP contribution in [0, 0.1) is 19.8 Å². The summed E-state index contributed by atoms with van der Waals surface area (Å²) in [5.74, 6) is 0.606. The van der Waals surface area contributed by atoms with Crippen LogP contribution in [0.3, 0.4) is 0 Å². The first kappa shape index (κ1) is 25.2. The molecule has 0 aliphatic heterocycles. The fourth-order valence-electron chi connectivity index (χ4n) is 3.48. The molecule has 0 saturated heterocycles. The highest BCUT2D eigenvalue weighted by atomic mass is 32.2. The van der Waals surface area contributed by atoms with Crippen LogP contribution in [-0.2, 0) is 11.3 Å². The highest BCUT2D eigenvalue weighted by Crippen LogP contribution is 2.26. The second kappa shape index (κ2) is 11.7. The zero-order chi connectivity index (χ0) is 24.7. The van der Waals surface area contributed by atoms with Gasteiger partial charge in [-0.3, -0.25) is 9.59 Å². The maximum atomic E-state index is 12.8. The number of carbonyl (C=O) groups excluding carboxylic acids is 2. The van der Waals surface area contributed by atoms with E-state index < -0.39 is 0 Å². The van der Waals surface area contributed by atoms with Gasteiger partial charge in [0.05, 0.1) is 11.8 Å². The van der Waals surface area contributed by atoms with Crippen LogP contribution in [0.5, 0.6) is 0 Å². The zero-order valence-electron chi connectivity index (χ0n) is 20.0. The van der Waals surface area contributed by atoms with Crippen molar-refractivity contribution in [1.82, 2.24) is 20.1 Å². The van der Waals surface area contributed by atoms with Crippen LogP contribution >= 0.6 is 11.8 Å². The number of hydrogen-bond donors (Lipinski definition) is 2. The Kier molecular flexibility index (Phi) is 8.65. The Morgan fingerprint density at radius 3 is 2.50 bits per heavy atom. The van der Waals surface area contributed by atoms with Gasteiger partial charge >= 0.3 is 0 Å². The average Bonchev–Trinajstić information content (AvgIpc) is 3.21. The van der Waals surface area contributed by atoms with Crippen LogP contribution in [0.4, 0.5) is 5.69 Å². The quantitative estimate of drug-likeness (QED) is 0.319. The van der Waals surface area contributed by atoms with Gasteiger partial charge in [-0.2, -0.15) is 0 Å². The number of allylic oxidation sites excluding steroid dienone is 1. The summed E-state index contributed by atoms with van der Waals surface area (Å²) < 4.78 is 1.90. The summed E-state index contributed by atoms with van der Waals surface area (Å²) >= 11 is 1.31. The number of rotatable bonds is 10. The zero-order valence-corrected chi connectivity index (χ0v) is 20.9. The number of amides is 2. The monoisotopic (exact) mass is 477 g/mol. The molecule has 1 heterocycles. The minimum Gasteiger partial charge on any atom is -0.342 e. The summed E-state index contributed by atoms with van der Waals surface area (Å²) in [6.45, 7) is 12.4. The summed E-state index contributed by atoms with van der Waals surface area (Å²) in [6, 6.07) is 14.6. The van der Waals surface area contributed by atoms with Gasteiger partial charge in [-0.1, -0.05) is 62.0 Å². The van der Waals surface area contributed by atoms with Crippen molar-refractivity contribution in [1.29, 1.82) is 0 Å². The van der Waals surface area contributed by atoms with Crippen molar-refractivity contribution < 1.29 is 9.59 Å². The van der Waals surface area contributed by atoms with E-state index in [4.69, 9.17) is 0 Å². The lowest BCUT2D eigenvalue weighted by Gasteiger charge is -2.22. The number of hydrogen-bond acceptors (Lipinski definition) is 5. The number of carbonyl (C=O) groups is 2. The summed E-state index contributed by atoms with van der Waals surface area (Å²) in [5, 5.41) is 15.4. The molecular formula is C26H31N5O2S. The second-order valence-corrected chi connectivity index (χ2v) is 9.33. The number of nitrogens with zero attached hydrogens (tertiary/aromatic N) is 3. The van der Waals surface area contributed by atoms with E-state index >= 15 is 0 Å². The minimum absolute atomic E-state index is 0.0749. The fourth-order valence-corrected chi connectivity index (χ4v) is 4.24. The van der Waals surface area contributed by atoms with Gasteiger partial charge in [0, 0.05) is 17.8 Å². The Hall–Kier alpha value is -3.39. The number of aromatic nitrogens is 3. The molecule has 2 N–H and O–H groups in total. The van der Waals surface area contributed by atoms with E-state index in [1.165, 1.54) is 11.8 Å². The van der Waals surface area contributed by atoms with Crippen LogP contribution in [0.25, 0.3) is 0 Å². The van der Waals surface area contributed by atoms with Crippen LogP contribution in [0.2, 0.25) is 0 Å². The third-order valence-electron chi connectivity index (χ3n) is 5.54. The lowest BCUT2D eigenvalue weighted by Crippen LogP contribution is -2.33. The predicted octanol–water partition coefficient (Wildman–Crippen LogP) is 4.94. The van der Waals surface area contributed by atoms with Crippen LogP contribution in [0.15, 0.2) is 66.3 Å². The van der Waals surface area contributed by atoms with Gasteiger partial charge in [-0.05, 0) is 49.1 Å². The van der Waals surface area contributed by atoms with Crippen molar-refractivity contribution in [3.05, 3.63) is 83.7 Å². The molecule has 0 saturated carbocycles. The Balaban J connectivity index is 1.75. The molecule has 0 spiro atoms. The third-order valence-corrected chi connectivity index (χ3v) is 6.50. The predicted molar refractivity (Wildman–Crippen MR) is 137 cm³/mol. The van der Waals surface area contributed by atoms with E-state index in [0.717, 1.165) is 16.8 Å². The molecule has 0 radical (unpaired) electrons. The van der Waals surface area contributed by atoms with Gasteiger partial charge in [-0.15, -0.1) is 16.8 Å². The molecule has 1 aromatic heterocycles. The summed E-state index contributed by atoms with van der Waals surface area (Å²) in [4.78, 5) is 25.4. The van der Waals surface area contributed by atoms with E-state index in [2.05, 4.69) is 27.4 Å². The molecule has 1 atom stereocenters. The highest BCUT2D eigenvalue weighted by Gasteiger charge is 2.26. The largest absolute Gasteiger partial charge is 0.342 e. The number of benzene rings is 2. The third kappa shape index (κ3) is 6.14. The SMILES string of the molecule is C=CCn1c(SCC(=O)Nc2cccc(C)c2C)nnc1[C@H](NC(=O)c1ccccc1)C(C)C. The molecule has 0 aliphatic carbocycles. The first-order valence-electron chi connectivity index (χ1n) is 11.2. The topological polar surface area (TPSA) is 88.9 Å². The van der Waals surface area contributed by atoms with Crippen LogP contribution < -0.4 is 10.6 Å². The molecule has 3 rings (SSSR count). The fraction of sp³-hybridized carbons (Fsp3) is 0.308. The van der Waals surface area contributed by atoms with Gasteiger partial charge in [-0.25, -0.2) is 0 Å². The van der Waals surface area contributed by atoms with Crippen molar-refractivity contribution in [2.24, 2.45) is 5.92 Å². The molecule has 2 amide bonds. The first-order valence-corrected chi connectivity index (χ1v) is 12.2. The van der Waals surface area contributed by atoms with Crippen molar-refractivity contribution in [2.45, 2.75) is 45.4 Å². The Morgan fingerprint density at radius 1 is 1.09 bits per heavy atom. The molecular weight excluding hydrogens is 446 g/mol. The average molecular weight is 478 g/mol. The van der Waals surface area contributed by atoms with Crippen molar-refractivity contribution >= 4 is 29.3 Å². The molecule has 7 nitrogen and oxygen atoms in total. The normalized spacial score (nSPS) is 11.8. The van der Waals surface area contributed by atoms with E-state index in [-0.39, 0.29) is 29.5 Å². The lowest BCUT2D eigenvalue weighted by atomic mass is 10.0. The highest BCUT2D eigenvalue weighted by molar-refractivity contribution is 7.99. The van der Waals surface area contributed by atoms with Crippen molar-refractivity contribution in [2.75, 3.05) is 11.1 Å². The van der Waals surface area contributed by atoms with E-state index in [1.807, 2.05) is 68.7 Å². The number of anilines is 1. The van der Waals surface area contributed by atoms with Gasteiger partial charge < -0.3 is 15.2 Å². The number of thioether (sulfide) groups is 1. The summed E-state index contributed by atoms with van der Waals surface area (Å²) in [6.07, 6.45) is 1.75. The Morgan fingerprint density at radius 2 is 1.82 bits per heavy atom. The molecule has 178 valence electrons. The minimum atomic E-state index is -0.349. The molecule has 34 heavy (non-hydrogen) atoms. The molecule has 8 heteroatoms. The van der Waals surface area contributed by atoms with Gasteiger partial charge in [0.25, 0.3) is 5.91 Å². The van der Waals surface area contributed by atoms with E-state index in [9.17, 15) is 9.59 Å². The summed E-state index contributed by atoms with van der Waals surface area (Å²) in [7, 11) is 0. The summed E-state index contributed by atoms with van der Waals surface area (Å²) in [5.41, 5.74) is 3.56. The molecule has 0 fully saturated rings. The Labute approximate surface area is 205 Å². The molecule has 0 unspecified atom stereocenters. The molecule has 3 aromatic rings. The van der Waals surface area contributed by atoms with Crippen LogP contribution in [-0.4, -0.2) is 32.3 Å². The molecule has 0 bridgehead atoms. The molecule has 2 aromatic carbocycles. The van der Waals surface area contributed by atoms with Crippen molar-refractivity contribution in [3.8, 4) is 0 Å². The Bertz CT molecular complexity index is 1160. The van der Waals surface area contributed by atoms with Gasteiger partial charge in [0.2, 0.25) is 5.91 Å². The van der Waals surface area contributed by atoms with Crippen LogP contribution in [0.1, 0.15) is 47.2 Å². The van der Waals surface area contributed by atoms with Gasteiger partial charge in [0.15, 0.2) is 11.0 Å². The van der Waals surface area contributed by atoms with E-state index in [1.54, 1.807) is 18.2 Å². The van der Waals surface area contributed by atoms with Gasteiger partial charge in [0.1, 0.15) is 0 Å². The number of aryl methyl sites for hydroxylation is 1. The second-order valence-electron chi connectivity index (χ2n) is 8.39. The lowest BCUT2D eigenvalue weighted by molar-refractivity contribution is -0.113. The molecule has 0 aliphatic rings. The smallest absolute Gasteiger partial charge is 0.251 e. The first-order chi connectivity index (χ1) is 16.3. The standard InChI is InChI=1S/C26H31N5O2S/c1-6-15-31-24(23(17(2)3)28-25(33)20-12-8-7-9-13-20)29-30-26(31)34-16-22(32)27-21-14-10-11-18(4)19(21)5/h6-14,17,23H,1,15-16H2,2-5H3,(H,27,32)(H,28,33)/t23-/m1/s1. The van der Waals surface area contributed by atoms with E-state index in [0.29, 0.717) is 23.1 Å².